The molecule has 5 aromatic rings. The van der Waals surface area contributed by atoms with Crippen LogP contribution in [0.25, 0.3) is 22.3 Å². The first-order valence-electron chi connectivity index (χ1n) is 17.0. The molecule has 0 aliphatic carbocycles. The lowest BCUT2D eigenvalue weighted by molar-refractivity contribution is -0.200. The molecule has 0 bridgehead atoms. The highest BCUT2D eigenvalue weighted by Gasteiger charge is 2.53. The van der Waals surface area contributed by atoms with Crippen molar-refractivity contribution in [3.8, 4) is 11.4 Å². The second-order valence-corrected chi connectivity index (χ2v) is 16.2. The Kier molecular flexibility index (Phi) is 9.17. The molecule has 0 atom stereocenters. The third-order valence-corrected chi connectivity index (χ3v) is 10.4. The summed E-state index contributed by atoms with van der Waals surface area (Å²) in [4.78, 5) is 44.3. The van der Waals surface area contributed by atoms with E-state index in [1.54, 1.807) is 30.2 Å². The second-order valence-electron chi connectivity index (χ2n) is 14.2. The Balaban J connectivity index is 1.01. The number of benzene rings is 2. The molecule has 0 saturated carbocycles. The number of aromatic nitrogens is 3. The highest BCUT2D eigenvalue weighted by Crippen LogP contribution is 2.38. The predicted octanol–water partition coefficient (Wildman–Crippen LogP) is 5.34. The molecule has 2 saturated heterocycles. The summed E-state index contributed by atoms with van der Waals surface area (Å²) in [6.07, 6.45) is 2.48. The fourth-order valence-corrected chi connectivity index (χ4v) is 7.88. The van der Waals surface area contributed by atoms with Crippen molar-refractivity contribution >= 4 is 38.6 Å². The summed E-state index contributed by atoms with van der Waals surface area (Å²) in [6.45, 7) is 8.03. The number of hydrogen-bond donors (Lipinski definition) is 1. The zero-order valence-corrected chi connectivity index (χ0v) is 30.3. The SMILES string of the molecule is Cc1ccc(C(=O)NCc2cc3nc(-c4cccc(N5CC6(CN(C(=O)OCc7ccccc7)CC(C)(C)O6)C5)n4)ccc3cn2)cc1S(C)(=O)=O. The monoisotopic (exact) mass is 720 g/mol. The summed E-state index contributed by atoms with van der Waals surface area (Å²) in [7, 11) is -3.47. The number of fused-ring (bicyclic) bond motifs is 1. The van der Waals surface area contributed by atoms with Gasteiger partial charge in [-0.2, -0.15) is 0 Å². The maximum absolute atomic E-state index is 13.1. The van der Waals surface area contributed by atoms with E-state index < -0.39 is 26.9 Å². The van der Waals surface area contributed by atoms with Gasteiger partial charge < -0.3 is 24.6 Å². The molecule has 7 rings (SSSR count). The number of nitrogens with one attached hydrogen (secondary N) is 1. The number of ether oxygens (including phenoxy) is 2. The molecule has 0 unspecified atom stereocenters. The van der Waals surface area contributed by atoms with Gasteiger partial charge in [-0.05, 0) is 74.4 Å². The molecular formula is C39H40N6O6S. The molecule has 3 aromatic heterocycles. The third-order valence-electron chi connectivity index (χ3n) is 9.20. The lowest BCUT2D eigenvalue weighted by Gasteiger charge is -2.58. The Morgan fingerprint density at radius 3 is 2.44 bits per heavy atom. The van der Waals surface area contributed by atoms with Gasteiger partial charge in [-0.3, -0.25) is 9.78 Å². The standard InChI is InChI=1S/C39H40N6O6S/c1-26-13-14-28(17-34(26)52(4,48)49)36(46)41-20-30-18-33-29(19-40-30)15-16-32(42-33)31-11-8-12-35(43-31)44-23-39(24-44)25-45(22-38(2,3)51-39)37(47)50-21-27-9-6-5-7-10-27/h5-19H,20-25H2,1-4H3,(H,41,46). The van der Waals surface area contributed by atoms with Crippen LogP contribution in [0.5, 0.6) is 0 Å². The Labute approximate surface area is 302 Å². The van der Waals surface area contributed by atoms with E-state index >= 15 is 0 Å². The van der Waals surface area contributed by atoms with Crippen LogP contribution < -0.4 is 10.2 Å². The minimum Gasteiger partial charge on any atom is -0.445 e. The van der Waals surface area contributed by atoms with E-state index in [1.807, 2.05) is 80.6 Å². The molecular weight excluding hydrogens is 681 g/mol. The summed E-state index contributed by atoms with van der Waals surface area (Å²) >= 11 is 0. The van der Waals surface area contributed by atoms with Gasteiger partial charge in [-0.1, -0.05) is 42.5 Å². The van der Waals surface area contributed by atoms with Crippen LogP contribution >= 0.6 is 0 Å². The van der Waals surface area contributed by atoms with Crippen LogP contribution in [0.3, 0.4) is 0 Å². The number of rotatable bonds is 8. The van der Waals surface area contributed by atoms with Gasteiger partial charge in [0, 0.05) is 23.4 Å². The van der Waals surface area contributed by atoms with Gasteiger partial charge in [0.1, 0.15) is 18.0 Å². The fourth-order valence-electron chi connectivity index (χ4n) is 6.88. The smallest absolute Gasteiger partial charge is 0.410 e. The lowest BCUT2D eigenvalue weighted by Crippen LogP contribution is -2.74. The summed E-state index contributed by atoms with van der Waals surface area (Å²) in [6, 6.07) is 25.7. The number of carbonyl (C=O) groups is 2. The van der Waals surface area contributed by atoms with E-state index in [0.717, 1.165) is 23.0 Å². The first kappa shape index (κ1) is 35.0. The molecule has 5 heterocycles. The first-order chi connectivity index (χ1) is 24.8. The molecule has 2 aliphatic heterocycles. The zero-order valence-electron chi connectivity index (χ0n) is 29.5. The van der Waals surface area contributed by atoms with Crippen LogP contribution in [0.4, 0.5) is 10.6 Å². The fraction of sp³-hybridized carbons (Fsp3) is 0.308. The van der Waals surface area contributed by atoms with Gasteiger partial charge in [-0.25, -0.2) is 23.2 Å². The lowest BCUT2D eigenvalue weighted by atomic mass is 9.88. The highest BCUT2D eigenvalue weighted by molar-refractivity contribution is 7.90. The first-order valence-corrected chi connectivity index (χ1v) is 18.9. The summed E-state index contributed by atoms with van der Waals surface area (Å²) in [5, 5.41) is 3.66. The summed E-state index contributed by atoms with van der Waals surface area (Å²) in [5.74, 6) is 0.378. The van der Waals surface area contributed by atoms with Crippen molar-refractivity contribution in [1.29, 1.82) is 0 Å². The van der Waals surface area contributed by atoms with Crippen molar-refractivity contribution in [3.63, 3.8) is 0 Å². The molecule has 2 fully saturated rings. The Morgan fingerprint density at radius 2 is 1.67 bits per heavy atom. The van der Waals surface area contributed by atoms with E-state index in [2.05, 4.69) is 15.2 Å². The second kappa shape index (κ2) is 13.6. The van der Waals surface area contributed by atoms with Gasteiger partial charge in [0.2, 0.25) is 0 Å². The topological polar surface area (TPSA) is 144 Å². The van der Waals surface area contributed by atoms with Crippen LogP contribution in [0.1, 0.15) is 41.0 Å². The number of anilines is 1. The maximum Gasteiger partial charge on any atom is 0.410 e. The van der Waals surface area contributed by atoms with Gasteiger partial charge in [0.15, 0.2) is 9.84 Å². The molecule has 12 nitrogen and oxygen atoms in total. The number of pyridine rings is 3. The maximum atomic E-state index is 13.1. The third kappa shape index (κ3) is 7.60. The Bertz CT molecular complexity index is 2270. The number of nitrogens with zero attached hydrogens (tertiary/aromatic N) is 5. The summed E-state index contributed by atoms with van der Waals surface area (Å²) < 4.78 is 36.5. The van der Waals surface area contributed by atoms with Gasteiger partial charge in [0.25, 0.3) is 5.91 Å². The molecule has 2 aliphatic rings. The largest absolute Gasteiger partial charge is 0.445 e. The van der Waals surface area contributed by atoms with E-state index in [1.165, 1.54) is 6.07 Å². The van der Waals surface area contributed by atoms with Crippen molar-refractivity contribution < 1.29 is 27.5 Å². The number of morpholine rings is 1. The molecule has 1 spiro atoms. The quantitative estimate of drug-likeness (QED) is 0.223. The molecule has 52 heavy (non-hydrogen) atoms. The molecule has 0 radical (unpaired) electrons. The zero-order chi connectivity index (χ0) is 36.7. The van der Waals surface area contributed by atoms with Crippen molar-refractivity contribution in [2.75, 3.05) is 37.3 Å². The van der Waals surface area contributed by atoms with Crippen LogP contribution in [0.2, 0.25) is 0 Å². The number of carbonyl (C=O) groups excluding carboxylic acids is 2. The normalized spacial score (nSPS) is 16.4. The molecule has 1 N–H and O–H groups in total. The van der Waals surface area contributed by atoms with Crippen LogP contribution in [-0.2, 0) is 32.5 Å². The molecule has 2 amide bonds. The molecule has 268 valence electrons. The van der Waals surface area contributed by atoms with Crippen LogP contribution in [0, 0.1) is 6.92 Å². The average molecular weight is 721 g/mol. The number of hydrogen-bond acceptors (Lipinski definition) is 10. The summed E-state index contributed by atoms with van der Waals surface area (Å²) in [5.41, 5.74) is 3.36. The van der Waals surface area contributed by atoms with E-state index in [9.17, 15) is 18.0 Å². The van der Waals surface area contributed by atoms with E-state index in [0.29, 0.717) is 54.3 Å². The van der Waals surface area contributed by atoms with Gasteiger partial charge in [-0.15, -0.1) is 0 Å². The van der Waals surface area contributed by atoms with Gasteiger partial charge in [0.05, 0.1) is 65.8 Å². The minimum atomic E-state index is -3.47. The molecule has 13 heteroatoms. The number of aryl methyl sites for hydroxylation is 1. The minimum absolute atomic E-state index is 0.127. The van der Waals surface area contributed by atoms with Crippen molar-refractivity contribution in [3.05, 3.63) is 114 Å². The predicted molar refractivity (Wildman–Crippen MR) is 197 cm³/mol. The van der Waals surface area contributed by atoms with Crippen molar-refractivity contribution in [2.24, 2.45) is 0 Å². The van der Waals surface area contributed by atoms with Crippen LogP contribution in [0.15, 0.2) is 96.0 Å². The Morgan fingerprint density at radius 1 is 0.904 bits per heavy atom. The van der Waals surface area contributed by atoms with E-state index in [4.69, 9.17) is 19.4 Å². The average Bonchev–Trinajstić information content (AvgIpc) is 3.11. The van der Waals surface area contributed by atoms with Crippen LogP contribution in [-0.4, -0.2) is 83.9 Å². The Hall–Kier alpha value is -5.40. The van der Waals surface area contributed by atoms with Crippen molar-refractivity contribution in [1.82, 2.24) is 25.2 Å². The van der Waals surface area contributed by atoms with E-state index in [-0.39, 0.29) is 29.7 Å². The molecule has 2 aromatic carbocycles. The highest BCUT2D eigenvalue weighted by atomic mass is 32.2. The number of sulfone groups is 1. The van der Waals surface area contributed by atoms with Crippen molar-refractivity contribution in [2.45, 2.75) is 50.0 Å². The van der Waals surface area contributed by atoms with Gasteiger partial charge >= 0.3 is 6.09 Å². The number of amides is 2.